The van der Waals surface area contributed by atoms with E-state index >= 15 is 0 Å². The molecule has 0 saturated heterocycles. The van der Waals surface area contributed by atoms with Gasteiger partial charge < -0.3 is 16.4 Å². The monoisotopic (exact) mass is 195 g/mol. The van der Waals surface area contributed by atoms with Crippen LogP contribution in [0.3, 0.4) is 0 Å². The zero-order valence-corrected chi connectivity index (χ0v) is 8.67. The summed E-state index contributed by atoms with van der Waals surface area (Å²) in [5.41, 5.74) is 7.61. The summed E-state index contributed by atoms with van der Waals surface area (Å²) in [7, 11) is 0. The van der Waals surface area contributed by atoms with E-state index in [2.05, 4.69) is 20.8 Å². The third kappa shape index (κ3) is 2.32. The highest BCUT2D eigenvalue weighted by Crippen LogP contribution is 2.19. The third-order valence-corrected chi connectivity index (χ3v) is 1.87. The van der Waals surface area contributed by atoms with Gasteiger partial charge in [0.15, 0.2) is 5.82 Å². The average Bonchev–Trinajstić information content (AvgIpc) is 2.19. The molecule has 0 aliphatic heterocycles. The molecule has 0 unspecified atom stereocenters. The van der Waals surface area contributed by atoms with Crippen molar-refractivity contribution in [3.63, 3.8) is 0 Å². The molecule has 4 N–H and O–H groups in total. The molecule has 0 aromatic carbocycles. The molecule has 0 radical (unpaired) electrons. The lowest BCUT2D eigenvalue weighted by Gasteiger charge is -2.12. The molecule has 1 heterocycles. The number of nitrogens with two attached hydrogens (primary N) is 1. The highest BCUT2D eigenvalue weighted by Gasteiger charge is 2.07. The van der Waals surface area contributed by atoms with Crippen molar-refractivity contribution in [2.24, 2.45) is 5.73 Å². The predicted octanol–water partition coefficient (Wildman–Crippen LogP) is 0.799. The second-order valence-corrected chi connectivity index (χ2v) is 2.85. The Balaban J connectivity index is 2.98. The maximum Gasteiger partial charge on any atom is 0.155 e. The maximum atomic E-state index is 5.66. The molecule has 0 bridgehead atoms. The van der Waals surface area contributed by atoms with Crippen molar-refractivity contribution in [2.45, 2.75) is 20.4 Å². The summed E-state index contributed by atoms with van der Waals surface area (Å²) in [5, 5.41) is 14.2. The molecule has 0 fully saturated rings. The summed E-state index contributed by atoms with van der Waals surface area (Å²) in [6, 6.07) is 0. The van der Waals surface area contributed by atoms with Crippen molar-refractivity contribution in [1.82, 2.24) is 10.2 Å². The Morgan fingerprint density at radius 2 is 2.00 bits per heavy atom. The van der Waals surface area contributed by atoms with Crippen LogP contribution >= 0.6 is 0 Å². The molecule has 1 aromatic rings. The van der Waals surface area contributed by atoms with Gasteiger partial charge in [0.05, 0.1) is 11.9 Å². The van der Waals surface area contributed by atoms with E-state index in [0.29, 0.717) is 6.54 Å². The van der Waals surface area contributed by atoms with Crippen LogP contribution in [-0.4, -0.2) is 23.3 Å². The zero-order valence-electron chi connectivity index (χ0n) is 8.67. The average molecular weight is 195 g/mol. The molecule has 5 nitrogen and oxygen atoms in total. The van der Waals surface area contributed by atoms with Crippen LogP contribution in [0.25, 0.3) is 0 Å². The second-order valence-electron chi connectivity index (χ2n) is 2.85. The summed E-state index contributed by atoms with van der Waals surface area (Å²) in [5.74, 6) is 0.772. The Morgan fingerprint density at radius 3 is 2.57 bits per heavy atom. The number of rotatable bonds is 5. The van der Waals surface area contributed by atoms with Gasteiger partial charge in [-0.05, 0) is 13.8 Å². The van der Waals surface area contributed by atoms with Crippen molar-refractivity contribution < 1.29 is 0 Å². The smallest absolute Gasteiger partial charge is 0.155 e. The van der Waals surface area contributed by atoms with Gasteiger partial charge in [-0.15, -0.1) is 5.10 Å². The summed E-state index contributed by atoms with van der Waals surface area (Å²) in [6.07, 6.45) is 1.70. The number of hydrogen-bond acceptors (Lipinski definition) is 5. The van der Waals surface area contributed by atoms with Gasteiger partial charge in [-0.3, -0.25) is 0 Å². The minimum absolute atomic E-state index is 0.459. The van der Waals surface area contributed by atoms with E-state index in [1.54, 1.807) is 6.20 Å². The molecule has 14 heavy (non-hydrogen) atoms. The van der Waals surface area contributed by atoms with Gasteiger partial charge in [-0.2, -0.15) is 5.10 Å². The van der Waals surface area contributed by atoms with Gasteiger partial charge in [0, 0.05) is 25.2 Å². The zero-order chi connectivity index (χ0) is 10.4. The first-order valence-electron chi connectivity index (χ1n) is 4.85. The van der Waals surface area contributed by atoms with E-state index in [-0.39, 0.29) is 0 Å². The van der Waals surface area contributed by atoms with Gasteiger partial charge in [-0.1, -0.05) is 0 Å². The quantitative estimate of drug-likeness (QED) is 0.648. The number of aromatic nitrogens is 2. The van der Waals surface area contributed by atoms with E-state index in [9.17, 15) is 0 Å². The molecular weight excluding hydrogens is 178 g/mol. The van der Waals surface area contributed by atoms with Crippen LogP contribution in [0.15, 0.2) is 6.20 Å². The van der Waals surface area contributed by atoms with Gasteiger partial charge in [0.25, 0.3) is 0 Å². The summed E-state index contributed by atoms with van der Waals surface area (Å²) in [4.78, 5) is 0. The van der Waals surface area contributed by atoms with E-state index in [4.69, 9.17) is 5.73 Å². The van der Waals surface area contributed by atoms with Crippen LogP contribution in [-0.2, 0) is 6.54 Å². The summed E-state index contributed by atoms with van der Waals surface area (Å²) >= 11 is 0. The molecular formula is C9H17N5. The number of hydrogen-bond donors (Lipinski definition) is 3. The van der Waals surface area contributed by atoms with E-state index in [1.807, 2.05) is 13.8 Å². The van der Waals surface area contributed by atoms with Crippen molar-refractivity contribution in [3.8, 4) is 0 Å². The Hall–Kier alpha value is -1.36. The maximum absolute atomic E-state index is 5.66. The first-order valence-corrected chi connectivity index (χ1v) is 4.85. The Kier molecular flexibility index (Phi) is 4.12. The number of nitrogens with one attached hydrogen (secondary N) is 2. The minimum atomic E-state index is 0.459. The highest BCUT2D eigenvalue weighted by molar-refractivity contribution is 5.60. The molecule has 0 aliphatic rings. The fraction of sp³-hybridized carbons (Fsp3) is 0.556. The molecule has 0 atom stereocenters. The van der Waals surface area contributed by atoms with Crippen molar-refractivity contribution in [3.05, 3.63) is 11.8 Å². The molecule has 0 saturated carbocycles. The lowest BCUT2D eigenvalue weighted by atomic mass is 10.2. The Morgan fingerprint density at radius 1 is 1.29 bits per heavy atom. The first-order chi connectivity index (χ1) is 6.83. The fourth-order valence-electron chi connectivity index (χ4n) is 1.27. The molecule has 0 amide bonds. The van der Waals surface area contributed by atoms with Gasteiger partial charge in [0.2, 0.25) is 0 Å². The van der Waals surface area contributed by atoms with Gasteiger partial charge in [0.1, 0.15) is 0 Å². The molecule has 78 valence electrons. The highest BCUT2D eigenvalue weighted by atomic mass is 15.2. The predicted molar refractivity (Wildman–Crippen MR) is 58.3 cm³/mol. The van der Waals surface area contributed by atoms with E-state index in [1.165, 1.54) is 0 Å². The van der Waals surface area contributed by atoms with Crippen LogP contribution in [0.5, 0.6) is 0 Å². The number of anilines is 2. The van der Waals surface area contributed by atoms with Crippen LogP contribution < -0.4 is 16.4 Å². The van der Waals surface area contributed by atoms with E-state index in [0.717, 1.165) is 30.2 Å². The molecule has 0 spiro atoms. The molecule has 5 heteroatoms. The van der Waals surface area contributed by atoms with Crippen molar-refractivity contribution in [1.29, 1.82) is 0 Å². The first kappa shape index (κ1) is 10.7. The number of nitrogens with zero attached hydrogens (tertiary/aromatic N) is 2. The largest absolute Gasteiger partial charge is 0.384 e. The standard InChI is InChI=1S/C9H17N5/c1-3-11-8-6-13-14-9(12-4-2)7(8)5-10/h6H,3-5,10H2,1-2H3,(H2,11,12,14). The lowest BCUT2D eigenvalue weighted by molar-refractivity contribution is 0.951. The lowest BCUT2D eigenvalue weighted by Crippen LogP contribution is -2.12. The SMILES string of the molecule is CCNc1cnnc(NCC)c1CN. The van der Waals surface area contributed by atoms with Gasteiger partial charge in [-0.25, -0.2) is 0 Å². The Bertz CT molecular complexity index is 262. The van der Waals surface area contributed by atoms with Gasteiger partial charge >= 0.3 is 0 Å². The fourth-order valence-corrected chi connectivity index (χ4v) is 1.27. The molecule has 1 aromatic heterocycles. The third-order valence-electron chi connectivity index (χ3n) is 1.87. The van der Waals surface area contributed by atoms with Crippen molar-refractivity contribution >= 4 is 11.5 Å². The minimum Gasteiger partial charge on any atom is -0.384 e. The summed E-state index contributed by atoms with van der Waals surface area (Å²) in [6.45, 7) is 6.18. The molecule has 1 rings (SSSR count). The van der Waals surface area contributed by atoms with Crippen LogP contribution in [0.2, 0.25) is 0 Å². The normalized spacial score (nSPS) is 9.93. The topological polar surface area (TPSA) is 75.9 Å². The van der Waals surface area contributed by atoms with E-state index < -0.39 is 0 Å². The summed E-state index contributed by atoms with van der Waals surface area (Å²) < 4.78 is 0. The molecule has 0 aliphatic carbocycles. The van der Waals surface area contributed by atoms with Crippen molar-refractivity contribution in [2.75, 3.05) is 23.7 Å². The Labute approximate surface area is 84.1 Å². The van der Waals surface area contributed by atoms with Crippen LogP contribution in [0.4, 0.5) is 11.5 Å². The van der Waals surface area contributed by atoms with Crippen LogP contribution in [0.1, 0.15) is 19.4 Å². The van der Waals surface area contributed by atoms with Crippen LogP contribution in [0, 0.1) is 0 Å². The second kappa shape index (κ2) is 5.39.